The van der Waals surface area contributed by atoms with E-state index in [-0.39, 0.29) is 12.2 Å². The molecule has 1 aromatic heterocycles. The van der Waals surface area contributed by atoms with E-state index in [1.165, 1.54) is 0 Å². The van der Waals surface area contributed by atoms with E-state index in [1.807, 2.05) is 6.07 Å². The first kappa shape index (κ1) is 17.6. The Balaban J connectivity index is 1.48. The first-order chi connectivity index (χ1) is 13.0. The van der Waals surface area contributed by atoms with Crippen molar-refractivity contribution in [1.82, 2.24) is 0 Å². The molecule has 0 spiro atoms. The van der Waals surface area contributed by atoms with Crippen molar-refractivity contribution in [1.29, 1.82) is 0 Å². The molecule has 0 atom stereocenters. The summed E-state index contributed by atoms with van der Waals surface area (Å²) in [6.07, 6.45) is 2.61. The van der Waals surface area contributed by atoms with Crippen molar-refractivity contribution >= 4 is 28.5 Å². The van der Waals surface area contributed by atoms with Gasteiger partial charge in [0.05, 0.1) is 0 Å². The molecule has 0 N–H and O–H groups in total. The van der Waals surface area contributed by atoms with Crippen LogP contribution in [0, 0.1) is 6.92 Å². The minimum absolute atomic E-state index is 0.261. The molecule has 6 heteroatoms. The molecule has 1 aliphatic carbocycles. The van der Waals surface area contributed by atoms with E-state index in [1.54, 1.807) is 37.3 Å². The first-order valence-electron chi connectivity index (χ1n) is 8.69. The van der Waals surface area contributed by atoms with Gasteiger partial charge in [0.1, 0.15) is 17.1 Å². The molecule has 5 nitrogen and oxygen atoms in total. The number of ether oxygens (including phenoxy) is 2. The van der Waals surface area contributed by atoms with Gasteiger partial charge in [0, 0.05) is 22.0 Å². The second-order valence-electron chi connectivity index (χ2n) is 6.53. The lowest BCUT2D eigenvalue weighted by atomic mass is 10.1. The summed E-state index contributed by atoms with van der Waals surface area (Å²) in [5.41, 5.74) is 2.78. The minimum Gasteiger partial charge on any atom is -0.482 e. The third-order valence-corrected chi connectivity index (χ3v) is 4.90. The van der Waals surface area contributed by atoms with Crippen LogP contribution in [0.3, 0.4) is 0 Å². The number of carbonyl (C=O) groups excluding carboxylic acids is 1. The Bertz CT molecular complexity index is 1100. The molecule has 0 saturated heterocycles. The van der Waals surface area contributed by atoms with Gasteiger partial charge in [-0.15, -0.1) is 0 Å². The zero-order valence-electron chi connectivity index (χ0n) is 14.7. The fourth-order valence-corrected chi connectivity index (χ4v) is 3.60. The Morgan fingerprint density at radius 3 is 2.78 bits per heavy atom. The molecule has 138 valence electrons. The lowest BCUT2D eigenvalue weighted by Gasteiger charge is -2.10. The van der Waals surface area contributed by atoms with Crippen LogP contribution in [-0.2, 0) is 17.6 Å². The normalized spacial score (nSPS) is 12.8. The molecule has 0 amide bonds. The number of rotatable bonds is 4. The summed E-state index contributed by atoms with van der Waals surface area (Å²) in [6, 6.07) is 10.3. The summed E-state index contributed by atoms with van der Waals surface area (Å²) in [5, 5.41) is 1.50. The lowest BCUT2D eigenvalue weighted by Crippen LogP contribution is -2.18. The van der Waals surface area contributed by atoms with Crippen LogP contribution in [0.2, 0.25) is 5.02 Å². The molecule has 0 unspecified atom stereocenters. The number of hydrogen-bond acceptors (Lipinski definition) is 5. The molecule has 0 aliphatic heterocycles. The third kappa shape index (κ3) is 3.55. The van der Waals surface area contributed by atoms with Crippen molar-refractivity contribution in [3.8, 4) is 11.5 Å². The molecular formula is C21H17ClO5. The summed E-state index contributed by atoms with van der Waals surface area (Å²) in [4.78, 5) is 24.1. The number of esters is 1. The van der Waals surface area contributed by atoms with E-state index >= 15 is 0 Å². The van der Waals surface area contributed by atoms with Gasteiger partial charge in [0.2, 0.25) is 0 Å². The van der Waals surface area contributed by atoms with Gasteiger partial charge in [-0.2, -0.15) is 0 Å². The highest BCUT2D eigenvalue weighted by atomic mass is 35.5. The van der Waals surface area contributed by atoms with Gasteiger partial charge in [-0.3, -0.25) is 0 Å². The Labute approximate surface area is 160 Å². The van der Waals surface area contributed by atoms with Crippen molar-refractivity contribution in [3.05, 3.63) is 68.5 Å². The number of benzene rings is 2. The Hall–Kier alpha value is -2.79. The standard InChI is InChI=1S/C21H17ClO5/c1-12-9-13(22)5-8-18(12)26-20(23)11-25-14-6-7-16-15-3-2-4-17(15)21(24)27-19(16)10-14/h5-10H,2-4,11H2,1H3. The first-order valence-corrected chi connectivity index (χ1v) is 9.07. The van der Waals surface area contributed by atoms with Gasteiger partial charge in [0.25, 0.3) is 0 Å². The maximum Gasteiger partial charge on any atom is 0.349 e. The summed E-state index contributed by atoms with van der Waals surface area (Å²) in [5.74, 6) is 0.345. The molecular weight excluding hydrogens is 368 g/mol. The zero-order chi connectivity index (χ0) is 19.0. The molecule has 0 radical (unpaired) electrons. The number of carbonyl (C=O) groups is 1. The van der Waals surface area contributed by atoms with Crippen LogP contribution in [0.4, 0.5) is 0 Å². The fourth-order valence-electron chi connectivity index (χ4n) is 3.38. The van der Waals surface area contributed by atoms with Crippen LogP contribution in [0.5, 0.6) is 11.5 Å². The number of aryl methyl sites for hydroxylation is 2. The van der Waals surface area contributed by atoms with Crippen molar-refractivity contribution in [2.24, 2.45) is 0 Å². The van der Waals surface area contributed by atoms with Gasteiger partial charge in [-0.25, -0.2) is 9.59 Å². The molecule has 0 bridgehead atoms. The fraction of sp³-hybridized carbons (Fsp3) is 0.238. The van der Waals surface area contributed by atoms with E-state index < -0.39 is 5.97 Å². The maximum absolute atomic E-state index is 12.1. The van der Waals surface area contributed by atoms with Gasteiger partial charge in [-0.05, 0) is 67.6 Å². The van der Waals surface area contributed by atoms with Gasteiger partial charge < -0.3 is 13.9 Å². The summed E-state index contributed by atoms with van der Waals surface area (Å²) < 4.78 is 16.2. The van der Waals surface area contributed by atoms with Crippen molar-refractivity contribution in [2.75, 3.05) is 6.61 Å². The highest BCUT2D eigenvalue weighted by molar-refractivity contribution is 6.30. The quantitative estimate of drug-likeness (QED) is 0.382. The average Bonchev–Trinajstić information content (AvgIpc) is 3.13. The smallest absolute Gasteiger partial charge is 0.349 e. The largest absolute Gasteiger partial charge is 0.482 e. The van der Waals surface area contributed by atoms with Crippen LogP contribution >= 0.6 is 11.6 Å². The predicted molar refractivity (Wildman–Crippen MR) is 102 cm³/mol. The highest BCUT2D eigenvalue weighted by Crippen LogP contribution is 2.29. The summed E-state index contributed by atoms with van der Waals surface area (Å²) >= 11 is 5.89. The van der Waals surface area contributed by atoms with E-state index in [2.05, 4.69) is 0 Å². The second-order valence-corrected chi connectivity index (χ2v) is 6.97. The Morgan fingerprint density at radius 1 is 1.15 bits per heavy atom. The second kappa shape index (κ2) is 7.08. The van der Waals surface area contributed by atoms with E-state index in [0.717, 1.165) is 41.3 Å². The average molecular weight is 385 g/mol. The SMILES string of the molecule is Cc1cc(Cl)ccc1OC(=O)COc1ccc2c3c(c(=O)oc2c1)CCC3. The number of hydrogen-bond donors (Lipinski definition) is 0. The third-order valence-electron chi connectivity index (χ3n) is 4.66. The van der Waals surface area contributed by atoms with Crippen molar-refractivity contribution < 1.29 is 18.7 Å². The Morgan fingerprint density at radius 2 is 1.96 bits per heavy atom. The van der Waals surface area contributed by atoms with Crippen molar-refractivity contribution in [3.63, 3.8) is 0 Å². The van der Waals surface area contributed by atoms with E-state index in [4.69, 9.17) is 25.5 Å². The molecule has 3 aromatic rings. The molecule has 4 rings (SSSR count). The molecule has 1 heterocycles. The van der Waals surface area contributed by atoms with Gasteiger partial charge in [-0.1, -0.05) is 11.6 Å². The number of halogens is 1. The minimum atomic E-state index is -0.532. The van der Waals surface area contributed by atoms with Gasteiger partial charge in [0.15, 0.2) is 6.61 Å². The van der Waals surface area contributed by atoms with Crippen molar-refractivity contribution in [2.45, 2.75) is 26.2 Å². The van der Waals surface area contributed by atoms with Crippen LogP contribution in [0.25, 0.3) is 11.0 Å². The van der Waals surface area contributed by atoms with Crippen LogP contribution < -0.4 is 15.1 Å². The monoisotopic (exact) mass is 384 g/mol. The van der Waals surface area contributed by atoms with E-state index in [9.17, 15) is 9.59 Å². The lowest BCUT2D eigenvalue weighted by molar-refractivity contribution is -0.136. The molecule has 0 saturated carbocycles. The zero-order valence-corrected chi connectivity index (χ0v) is 15.5. The van der Waals surface area contributed by atoms with Crippen LogP contribution in [0.15, 0.2) is 45.6 Å². The topological polar surface area (TPSA) is 65.7 Å². The van der Waals surface area contributed by atoms with E-state index in [0.29, 0.717) is 22.1 Å². The predicted octanol–water partition coefficient (Wildman–Crippen LogP) is 4.23. The van der Waals surface area contributed by atoms with Crippen LogP contribution in [0.1, 0.15) is 23.1 Å². The summed E-state index contributed by atoms with van der Waals surface area (Å²) in [7, 11) is 0. The highest BCUT2D eigenvalue weighted by Gasteiger charge is 2.19. The number of fused-ring (bicyclic) bond motifs is 3. The Kier molecular flexibility index (Phi) is 4.62. The maximum atomic E-state index is 12.1. The summed E-state index contributed by atoms with van der Waals surface area (Å²) in [6.45, 7) is 1.54. The molecule has 27 heavy (non-hydrogen) atoms. The molecule has 1 aliphatic rings. The molecule has 2 aromatic carbocycles. The van der Waals surface area contributed by atoms with Gasteiger partial charge >= 0.3 is 11.6 Å². The van der Waals surface area contributed by atoms with Crippen LogP contribution in [-0.4, -0.2) is 12.6 Å². The molecule has 0 fully saturated rings.